The summed E-state index contributed by atoms with van der Waals surface area (Å²) in [5.74, 6) is -0.0402. The van der Waals surface area contributed by atoms with Crippen LogP contribution < -0.4 is 4.74 Å². The predicted octanol–water partition coefficient (Wildman–Crippen LogP) is 4.16. The number of hydrogen-bond donors (Lipinski definition) is 1. The first-order valence-corrected chi connectivity index (χ1v) is 7.72. The molecule has 0 radical (unpaired) electrons. The molecule has 0 bridgehead atoms. The van der Waals surface area contributed by atoms with E-state index in [1.807, 2.05) is 25.8 Å². The standard InChI is InChI=1S/C17H25F3N2O2/c1-7-16(23,17(18,19)20)13-8-12(4)14(9-15(13)24-6)21-10-22(5)11(2)3/h8-11,23H,7H2,1-6H3. The molecule has 0 aliphatic carbocycles. The Morgan fingerprint density at radius 3 is 2.33 bits per heavy atom. The van der Waals surface area contributed by atoms with E-state index in [1.54, 1.807) is 13.3 Å². The third-order valence-electron chi connectivity index (χ3n) is 4.14. The fraction of sp³-hybridized carbons (Fsp3) is 0.588. The van der Waals surface area contributed by atoms with Crippen LogP contribution >= 0.6 is 0 Å². The van der Waals surface area contributed by atoms with Gasteiger partial charge in [-0.1, -0.05) is 6.92 Å². The largest absolute Gasteiger partial charge is 0.496 e. The summed E-state index contributed by atoms with van der Waals surface area (Å²) >= 11 is 0. The van der Waals surface area contributed by atoms with Gasteiger partial charge in [-0.2, -0.15) is 13.2 Å². The van der Waals surface area contributed by atoms with Gasteiger partial charge in [0.15, 0.2) is 5.60 Å². The number of nitrogens with zero attached hydrogens (tertiary/aromatic N) is 2. The predicted molar refractivity (Wildman–Crippen MR) is 89.0 cm³/mol. The van der Waals surface area contributed by atoms with E-state index in [0.717, 1.165) is 0 Å². The zero-order valence-electron chi connectivity index (χ0n) is 14.9. The van der Waals surface area contributed by atoms with Gasteiger partial charge < -0.3 is 14.7 Å². The second-order valence-corrected chi connectivity index (χ2v) is 6.05. The van der Waals surface area contributed by atoms with Gasteiger partial charge in [0.05, 0.1) is 19.1 Å². The van der Waals surface area contributed by atoms with Crippen molar-refractivity contribution in [1.29, 1.82) is 0 Å². The van der Waals surface area contributed by atoms with Crippen LogP contribution in [0.25, 0.3) is 0 Å². The molecule has 0 spiro atoms. The van der Waals surface area contributed by atoms with Crippen LogP contribution in [0.3, 0.4) is 0 Å². The van der Waals surface area contributed by atoms with E-state index in [9.17, 15) is 18.3 Å². The van der Waals surface area contributed by atoms with Crippen molar-refractivity contribution in [2.75, 3.05) is 14.2 Å². The highest BCUT2D eigenvalue weighted by molar-refractivity contribution is 5.65. The monoisotopic (exact) mass is 346 g/mol. The van der Waals surface area contributed by atoms with Crippen LogP contribution in [0.15, 0.2) is 17.1 Å². The fourth-order valence-electron chi connectivity index (χ4n) is 2.14. The van der Waals surface area contributed by atoms with Crippen LogP contribution in [0.1, 0.15) is 38.3 Å². The lowest BCUT2D eigenvalue weighted by Crippen LogP contribution is -2.42. The van der Waals surface area contributed by atoms with E-state index in [2.05, 4.69) is 4.99 Å². The highest BCUT2D eigenvalue weighted by Crippen LogP contribution is 2.46. The number of aryl methyl sites for hydroxylation is 1. The van der Waals surface area contributed by atoms with Gasteiger partial charge in [0.25, 0.3) is 0 Å². The lowest BCUT2D eigenvalue weighted by molar-refractivity contribution is -0.268. The molecule has 0 heterocycles. The Balaban J connectivity index is 3.41. The summed E-state index contributed by atoms with van der Waals surface area (Å²) in [6.45, 7) is 6.92. The summed E-state index contributed by atoms with van der Waals surface area (Å²) in [4.78, 5) is 6.18. The van der Waals surface area contributed by atoms with Gasteiger partial charge >= 0.3 is 6.18 Å². The number of methoxy groups -OCH3 is 1. The Labute approximate surface area is 141 Å². The Morgan fingerprint density at radius 2 is 1.92 bits per heavy atom. The average molecular weight is 346 g/mol. The number of rotatable bonds is 6. The van der Waals surface area contributed by atoms with Crippen molar-refractivity contribution < 1.29 is 23.0 Å². The lowest BCUT2D eigenvalue weighted by atomic mass is 9.88. The van der Waals surface area contributed by atoms with Gasteiger partial charge in [-0.25, -0.2) is 4.99 Å². The van der Waals surface area contributed by atoms with Crippen molar-refractivity contribution in [2.24, 2.45) is 4.99 Å². The zero-order valence-corrected chi connectivity index (χ0v) is 14.9. The molecule has 4 nitrogen and oxygen atoms in total. The number of aliphatic hydroxyl groups is 1. The van der Waals surface area contributed by atoms with Crippen LogP contribution in [-0.2, 0) is 5.60 Å². The minimum absolute atomic E-state index is 0.0402. The molecule has 0 aromatic heterocycles. The molecule has 0 fully saturated rings. The van der Waals surface area contributed by atoms with E-state index in [1.165, 1.54) is 26.2 Å². The van der Waals surface area contributed by atoms with Crippen molar-refractivity contribution in [2.45, 2.75) is 51.9 Å². The molecule has 136 valence electrons. The maximum absolute atomic E-state index is 13.3. The Kier molecular flexibility index (Phi) is 6.27. The minimum Gasteiger partial charge on any atom is -0.496 e. The number of aliphatic imine (C=N–C) groups is 1. The van der Waals surface area contributed by atoms with Gasteiger partial charge in [-0.3, -0.25) is 0 Å². The van der Waals surface area contributed by atoms with Gasteiger partial charge in [0.1, 0.15) is 5.75 Å². The summed E-state index contributed by atoms with van der Waals surface area (Å²) in [5, 5.41) is 10.2. The van der Waals surface area contributed by atoms with Gasteiger partial charge in [-0.15, -0.1) is 0 Å². The Hall–Kier alpha value is -1.76. The SMILES string of the molecule is CCC(O)(c1cc(C)c(N=CN(C)C(C)C)cc1OC)C(F)(F)F. The first-order chi connectivity index (χ1) is 11.0. The van der Waals surface area contributed by atoms with E-state index in [0.29, 0.717) is 11.3 Å². The number of hydrogen-bond acceptors (Lipinski definition) is 3. The Bertz CT molecular complexity index is 600. The number of alkyl halides is 3. The number of ether oxygens (including phenoxy) is 1. The second kappa shape index (κ2) is 7.42. The molecule has 0 aliphatic rings. The first-order valence-electron chi connectivity index (χ1n) is 7.72. The summed E-state index contributed by atoms with van der Waals surface area (Å²) in [7, 11) is 3.13. The van der Waals surface area contributed by atoms with Crippen molar-refractivity contribution in [3.8, 4) is 5.75 Å². The minimum atomic E-state index is -4.80. The molecular formula is C17H25F3N2O2. The molecule has 0 saturated carbocycles. The smallest absolute Gasteiger partial charge is 0.421 e. The molecule has 1 rings (SSSR count). The molecular weight excluding hydrogens is 321 g/mol. The van der Waals surface area contributed by atoms with Gasteiger partial charge in [0.2, 0.25) is 0 Å². The van der Waals surface area contributed by atoms with E-state index in [4.69, 9.17) is 4.74 Å². The van der Waals surface area contributed by atoms with Crippen molar-refractivity contribution in [3.05, 3.63) is 23.3 Å². The van der Waals surface area contributed by atoms with Crippen LogP contribution in [0.4, 0.5) is 18.9 Å². The third-order valence-corrected chi connectivity index (χ3v) is 4.14. The van der Waals surface area contributed by atoms with Crippen molar-refractivity contribution in [3.63, 3.8) is 0 Å². The molecule has 0 aliphatic heterocycles. The first kappa shape index (κ1) is 20.3. The number of benzene rings is 1. The highest BCUT2D eigenvalue weighted by Gasteiger charge is 2.55. The van der Waals surface area contributed by atoms with Crippen LogP contribution in [-0.4, -0.2) is 42.7 Å². The van der Waals surface area contributed by atoms with E-state index < -0.39 is 18.2 Å². The molecule has 1 N–H and O–H groups in total. The summed E-state index contributed by atoms with van der Waals surface area (Å²) in [6, 6.07) is 2.95. The summed E-state index contributed by atoms with van der Waals surface area (Å²) in [6.07, 6.45) is -3.70. The quantitative estimate of drug-likeness (QED) is 0.621. The van der Waals surface area contributed by atoms with Crippen molar-refractivity contribution in [1.82, 2.24) is 4.90 Å². The van der Waals surface area contributed by atoms with Crippen molar-refractivity contribution >= 4 is 12.0 Å². The summed E-state index contributed by atoms with van der Waals surface area (Å²) < 4.78 is 45.1. The molecule has 0 amide bonds. The van der Waals surface area contributed by atoms with Crippen LogP contribution in [0, 0.1) is 6.92 Å². The average Bonchev–Trinajstić information content (AvgIpc) is 2.50. The molecule has 1 atom stereocenters. The molecule has 24 heavy (non-hydrogen) atoms. The third kappa shape index (κ3) is 4.01. The molecule has 0 saturated heterocycles. The topological polar surface area (TPSA) is 45.1 Å². The normalized spacial score (nSPS) is 15.0. The maximum Gasteiger partial charge on any atom is 0.421 e. The molecule has 7 heteroatoms. The summed E-state index contributed by atoms with van der Waals surface area (Å²) in [5.41, 5.74) is -2.24. The maximum atomic E-state index is 13.3. The molecule has 1 unspecified atom stereocenters. The lowest BCUT2D eigenvalue weighted by Gasteiger charge is -2.31. The van der Waals surface area contributed by atoms with Crippen LogP contribution in [0.2, 0.25) is 0 Å². The zero-order chi connectivity index (χ0) is 18.7. The Morgan fingerprint density at radius 1 is 1.33 bits per heavy atom. The second-order valence-electron chi connectivity index (χ2n) is 6.05. The van der Waals surface area contributed by atoms with Gasteiger partial charge in [-0.05, 0) is 38.8 Å². The fourth-order valence-corrected chi connectivity index (χ4v) is 2.14. The van der Waals surface area contributed by atoms with E-state index >= 15 is 0 Å². The molecule has 1 aromatic carbocycles. The van der Waals surface area contributed by atoms with Crippen LogP contribution in [0.5, 0.6) is 5.75 Å². The molecule has 1 aromatic rings. The van der Waals surface area contributed by atoms with E-state index in [-0.39, 0.29) is 17.4 Å². The highest BCUT2D eigenvalue weighted by atomic mass is 19.4. The number of halogens is 3. The van der Waals surface area contributed by atoms with Gasteiger partial charge in [0, 0.05) is 24.7 Å².